The van der Waals surface area contributed by atoms with Gasteiger partial charge in [-0.1, -0.05) is 42.5 Å². The summed E-state index contributed by atoms with van der Waals surface area (Å²) < 4.78 is 20.7. The third-order valence-corrected chi connectivity index (χ3v) is 5.22. The summed E-state index contributed by atoms with van der Waals surface area (Å²) in [6.45, 7) is 2.30. The molecule has 5 nitrogen and oxygen atoms in total. The van der Waals surface area contributed by atoms with Crippen LogP contribution in [0.15, 0.2) is 67.0 Å². The van der Waals surface area contributed by atoms with E-state index in [1.807, 2.05) is 28.7 Å². The zero-order chi connectivity index (χ0) is 21.8. The van der Waals surface area contributed by atoms with E-state index in [0.29, 0.717) is 5.75 Å². The van der Waals surface area contributed by atoms with E-state index in [1.165, 1.54) is 12.5 Å². The van der Waals surface area contributed by atoms with Gasteiger partial charge in [-0.15, -0.1) is 10.2 Å². The Labute approximate surface area is 182 Å². The standard InChI is InChI=1S/C25H27FN4O/c1-18(26)31-24-7-5-4-6-21(24)12-13-22-14-15-23(25-28-27-17-30(22)25)20-10-8-19(9-11-20)16-29(2)3/h4-11,14-15,17-18H,12-13,16H2,1-3H3. The highest BCUT2D eigenvalue weighted by molar-refractivity contribution is 5.77. The number of ether oxygens (including phenoxy) is 1. The molecule has 0 amide bonds. The fraction of sp³-hybridized carbons (Fsp3) is 0.280. The van der Waals surface area contributed by atoms with E-state index in [0.717, 1.165) is 47.4 Å². The molecule has 0 aliphatic heterocycles. The molecule has 0 spiro atoms. The van der Waals surface area contributed by atoms with Crippen LogP contribution < -0.4 is 4.74 Å². The molecular formula is C25H27FN4O. The Balaban J connectivity index is 1.58. The van der Waals surface area contributed by atoms with Gasteiger partial charge in [0.05, 0.1) is 0 Å². The third-order valence-electron chi connectivity index (χ3n) is 5.22. The van der Waals surface area contributed by atoms with Gasteiger partial charge in [0, 0.05) is 24.7 Å². The zero-order valence-corrected chi connectivity index (χ0v) is 18.1. The van der Waals surface area contributed by atoms with Crippen molar-refractivity contribution in [3.63, 3.8) is 0 Å². The maximum atomic E-state index is 13.3. The summed E-state index contributed by atoms with van der Waals surface area (Å²) in [5.41, 5.74) is 6.34. The van der Waals surface area contributed by atoms with Gasteiger partial charge in [-0.25, -0.2) is 4.39 Å². The van der Waals surface area contributed by atoms with Crippen molar-refractivity contribution in [1.82, 2.24) is 19.5 Å². The summed E-state index contributed by atoms with van der Waals surface area (Å²) in [5.74, 6) is 0.590. The largest absolute Gasteiger partial charge is 0.460 e. The number of aromatic nitrogens is 3. The lowest BCUT2D eigenvalue weighted by Gasteiger charge is -2.13. The van der Waals surface area contributed by atoms with Gasteiger partial charge in [0.25, 0.3) is 0 Å². The highest BCUT2D eigenvalue weighted by atomic mass is 19.1. The molecule has 2 aromatic heterocycles. The van der Waals surface area contributed by atoms with Crippen LogP contribution in [0.5, 0.6) is 5.75 Å². The van der Waals surface area contributed by atoms with E-state index >= 15 is 0 Å². The number of rotatable bonds is 8. The number of halogens is 1. The lowest BCUT2D eigenvalue weighted by atomic mass is 10.0. The molecule has 6 heteroatoms. The maximum absolute atomic E-state index is 13.3. The molecule has 160 valence electrons. The summed E-state index contributed by atoms with van der Waals surface area (Å²) in [6.07, 6.45) is 1.90. The molecule has 0 N–H and O–H groups in total. The van der Waals surface area contributed by atoms with Gasteiger partial charge >= 0.3 is 0 Å². The lowest BCUT2D eigenvalue weighted by Crippen LogP contribution is -2.10. The summed E-state index contributed by atoms with van der Waals surface area (Å²) in [5, 5.41) is 8.52. The smallest absolute Gasteiger partial charge is 0.235 e. The lowest BCUT2D eigenvalue weighted by molar-refractivity contribution is 0.0849. The van der Waals surface area contributed by atoms with Gasteiger partial charge in [0.15, 0.2) is 5.65 Å². The summed E-state index contributed by atoms with van der Waals surface area (Å²) in [4.78, 5) is 2.15. The SMILES string of the molecule is CC(F)Oc1ccccc1CCc1ccc(-c2ccc(CN(C)C)cc2)c2nncn12. The number of alkyl halides is 1. The fourth-order valence-electron chi connectivity index (χ4n) is 3.81. The molecule has 0 fully saturated rings. The zero-order valence-electron chi connectivity index (χ0n) is 18.1. The number of fused-ring (bicyclic) bond motifs is 1. The normalized spacial score (nSPS) is 12.4. The maximum Gasteiger partial charge on any atom is 0.235 e. The van der Waals surface area contributed by atoms with Gasteiger partial charge in [-0.05, 0) is 61.8 Å². The summed E-state index contributed by atoms with van der Waals surface area (Å²) in [6, 6.07) is 20.4. The number of nitrogens with zero attached hydrogens (tertiary/aromatic N) is 4. The monoisotopic (exact) mass is 418 g/mol. The Kier molecular flexibility index (Phi) is 6.28. The Morgan fingerprint density at radius 3 is 2.52 bits per heavy atom. The van der Waals surface area contributed by atoms with E-state index < -0.39 is 6.36 Å². The predicted octanol–water partition coefficient (Wildman–Crippen LogP) is 4.94. The van der Waals surface area contributed by atoms with Crippen LogP contribution in [0.25, 0.3) is 16.8 Å². The van der Waals surface area contributed by atoms with Gasteiger partial charge in [0.2, 0.25) is 6.36 Å². The van der Waals surface area contributed by atoms with Crippen molar-refractivity contribution >= 4 is 5.65 Å². The quantitative estimate of drug-likeness (QED) is 0.407. The third kappa shape index (κ3) is 4.91. The molecular weight excluding hydrogens is 391 g/mol. The molecule has 0 radical (unpaired) electrons. The molecule has 2 aromatic carbocycles. The van der Waals surface area contributed by atoms with Crippen molar-refractivity contribution in [2.24, 2.45) is 0 Å². The highest BCUT2D eigenvalue weighted by Gasteiger charge is 2.12. The van der Waals surface area contributed by atoms with E-state index in [4.69, 9.17) is 4.74 Å². The first-order valence-corrected chi connectivity index (χ1v) is 10.5. The summed E-state index contributed by atoms with van der Waals surface area (Å²) in [7, 11) is 4.13. The average Bonchev–Trinajstić information content (AvgIpc) is 3.23. The molecule has 4 rings (SSSR count). The minimum Gasteiger partial charge on any atom is -0.460 e. The van der Waals surface area contributed by atoms with Crippen LogP contribution in [0.3, 0.4) is 0 Å². The first-order chi connectivity index (χ1) is 15.0. The van der Waals surface area contributed by atoms with Crippen molar-refractivity contribution in [2.75, 3.05) is 14.1 Å². The predicted molar refractivity (Wildman–Crippen MR) is 121 cm³/mol. The van der Waals surface area contributed by atoms with Crippen molar-refractivity contribution in [1.29, 1.82) is 0 Å². The van der Waals surface area contributed by atoms with Crippen LogP contribution in [-0.4, -0.2) is 40.0 Å². The minimum atomic E-state index is -1.34. The molecule has 2 heterocycles. The highest BCUT2D eigenvalue weighted by Crippen LogP contribution is 2.26. The van der Waals surface area contributed by atoms with E-state index in [-0.39, 0.29) is 0 Å². The molecule has 0 saturated carbocycles. The van der Waals surface area contributed by atoms with Crippen LogP contribution in [0.4, 0.5) is 4.39 Å². The number of aryl methyl sites for hydroxylation is 2. The number of para-hydroxylation sites is 1. The molecule has 1 atom stereocenters. The molecule has 1 unspecified atom stereocenters. The van der Waals surface area contributed by atoms with Gasteiger partial charge in [-0.2, -0.15) is 0 Å². The van der Waals surface area contributed by atoms with Crippen molar-refractivity contribution in [3.8, 4) is 16.9 Å². The van der Waals surface area contributed by atoms with E-state index in [1.54, 1.807) is 6.33 Å². The molecule has 31 heavy (non-hydrogen) atoms. The van der Waals surface area contributed by atoms with E-state index in [9.17, 15) is 4.39 Å². The van der Waals surface area contributed by atoms with Crippen molar-refractivity contribution in [3.05, 3.63) is 83.8 Å². The Morgan fingerprint density at radius 2 is 1.77 bits per heavy atom. The van der Waals surface area contributed by atoms with Crippen LogP contribution >= 0.6 is 0 Å². The Morgan fingerprint density at radius 1 is 1.00 bits per heavy atom. The molecule has 0 bridgehead atoms. The second kappa shape index (κ2) is 9.27. The average molecular weight is 419 g/mol. The molecule has 0 saturated heterocycles. The molecule has 4 aromatic rings. The number of pyridine rings is 1. The Hall–Kier alpha value is -3.25. The van der Waals surface area contributed by atoms with Crippen LogP contribution in [-0.2, 0) is 19.4 Å². The second-order valence-corrected chi connectivity index (χ2v) is 7.97. The Bertz CT molecular complexity index is 1150. The minimum absolute atomic E-state index is 0.590. The first-order valence-electron chi connectivity index (χ1n) is 10.5. The van der Waals surface area contributed by atoms with Crippen molar-refractivity contribution in [2.45, 2.75) is 32.7 Å². The van der Waals surface area contributed by atoms with Crippen LogP contribution in [0.2, 0.25) is 0 Å². The first kappa shape index (κ1) is 21.0. The second-order valence-electron chi connectivity index (χ2n) is 7.97. The molecule has 0 aliphatic rings. The van der Waals surface area contributed by atoms with Crippen LogP contribution in [0.1, 0.15) is 23.7 Å². The number of hydrogen-bond donors (Lipinski definition) is 0. The fourth-order valence-corrected chi connectivity index (χ4v) is 3.81. The van der Waals surface area contributed by atoms with Gasteiger partial charge in [0.1, 0.15) is 12.1 Å². The number of benzene rings is 2. The van der Waals surface area contributed by atoms with E-state index in [2.05, 4.69) is 65.6 Å². The topological polar surface area (TPSA) is 42.7 Å². The van der Waals surface area contributed by atoms with Gasteiger partial charge in [-0.3, -0.25) is 4.40 Å². The summed E-state index contributed by atoms with van der Waals surface area (Å²) >= 11 is 0. The van der Waals surface area contributed by atoms with Crippen LogP contribution in [0, 0.1) is 0 Å². The van der Waals surface area contributed by atoms with Crippen molar-refractivity contribution < 1.29 is 9.13 Å². The molecule has 0 aliphatic carbocycles. The van der Waals surface area contributed by atoms with Gasteiger partial charge < -0.3 is 9.64 Å². The number of hydrogen-bond acceptors (Lipinski definition) is 4.